The van der Waals surface area contributed by atoms with Crippen LogP contribution in [0.1, 0.15) is 0 Å². The van der Waals surface area contributed by atoms with Crippen LogP contribution in [-0.2, 0) is 0 Å². The van der Waals surface area contributed by atoms with Gasteiger partial charge in [0.05, 0.1) is 11.1 Å². The first-order valence-electron chi connectivity index (χ1n) is 17.1. The largest absolute Gasteiger partial charge is 0.456 e. The van der Waals surface area contributed by atoms with Crippen LogP contribution < -0.4 is 4.90 Å². The zero-order valence-corrected chi connectivity index (χ0v) is 27.5. The number of hydrogen-bond acceptors (Lipinski definition) is 4. The molecular weight excluding hydrogens is 625 g/mol. The number of fused-ring (bicyclic) bond motifs is 6. The Hall–Kier alpha value is -6.91. The molecule has 4 heteroatoms. The van der Waals surface area contributed by atoms with E-state index in [1.54, 1.807) is 0 Å². The highest BCUT2D eigenvalue weighted by Gasteiger charge is 2.21. The van der Waals surface area contributed by atoms with Crippen LogP contribution in [-0.4, -0.2) is 4.98 Å². The van der Waals surface area contributed by atoms with E-state index in [0.29, 0.717) is 5.89 Å². The summed E-state index contributed by atoms with van der Waals surface area (Å²) in [4.78, 5) is 7.19. The number of furan rings is 1. The molecule has 4 nitrogen and oxygen atoms in total. The van der Waals surface area contributed by atoms with Crippen molar-refractivity contribution < 1.29 is 8.83 Å². The molecule has 0 aliphatic rings. The molecule has 10 aromatic rings. The van der Waals surface area contributed by atoms with Crippen LogP contribution in [0.2, 0.25) is 0 Å². The molecule has 51 heavy (non-hydrogen) atoms. The van der Waals surface area contributed by atoms with Crippen LogP contribution in [0.5, 0.6) is 0 Å². The van der Waals surface area contributed by atoms with E-state index in [9.17, 15) is 0 Å². The van der Waals surface area contributed by atoms with Crippen molar-refractivity contribution in [1.82, 2.24) is 4.98 Å². The Balaban J connectivity index is 1.17. The van der Waals surface area contributed by atoms with Gasteiger partial charge in [0.1, 0.15) is 16.7 Å². The molecule has 0 radical (unpaired) electrons. The van der Waals surface area contributed by atoms with Gasteiger partial charge in [-0.05, 0) is 88.1 Å². The maximum Gasteiger partial charge on any atom is 0.227 e. The summed E-state index contributed by atoms with van der Waals surface area (Å²) in [6.07, 6.45) is 0. The van der Waals surface area contributed by atoms with E-state index in [0.717, 1.165) is 66.8 Å². The molecule has 0 spiro atoms. The van der Waals surface area contributed by atoms with Gasteiger partial charge in [0.25, 0.3) is 0 Å². The summed E-state index contributed by atoms with van der Waals surface area (Å²) in [6.45, 7) is 0. The lowest BCUT2D eigenvalue weighted by atomic mass is 9.97. The Kier molecular flexibility index (Phi) is 6.78. The van der Waals surface area contributed by atoms with Gasteiger partial charge in [-0.1, -0.05) is 121 Å². The van der Waals surface area contributed by atoms with E-state index < -0.39 is 0 Å². The predicted octanol–water partition coefficient (Wildman–Crippen LogP) is 13.4. The monoisotopic (exact) mass is 654 g/mol. The van der Waals surface area contributed by atoms with E-state index in [1.807, 2.05) is 42.5 Å². The maximum absolute atomic E-state index is 6.48. The SMILES string of the molecule is c1ccc(-c2nc3ccc4oc5ccc(N(c6ccc(-c7cccc8ccccc78)cc6)c6ccccc6-c6ccccc6)cc5c4c3o2)cc1. The fourth-order valence-electron chi connectivity index (χ4n) is 7.30. The molecule has 240 valence electrons. The number of oxazole rings is 1. The number of anilines is 3. The Morgan fingerprint density at radius 1 is 0.431 bits per heavy atom. The van der Waals surface area contributed by atoms with Crippen molar-refractivity contribution in [3.8, 4) is 33.7 Å². The van der Waals surface area contributed by atoms with E-state index in [1.165, 1.54) is 21.9 Å². The lowest BCUT2D eigenvalue weighted by molar-refractivity contribution is 0.622. The first kappa shape index (κ1) is 29.0. The van der Waals surface area contributed by atoms with Gasteiger partial charge in [-0.25, -0.2) is 4.98 Å². The van der Waals surface area contributed by atoms with Gasteiger partial charge in [0.15, 0.2) is 5.58 Å². The lowest BCUT2D eigenvalue weighted by Gasteiger charge is -2.28. The van der Waals surface area contributed by atoms with E-state index in [2.05, 4.69) is 144 Å². The molecule has 0 saturated carbocycles. The summed E-state index contributed by atoms with van der Waals surface area (Å²) in [5.41, 5.74) is 11.8. The second-order valence-electron chi connectivity index (χ2n) is 12.7. The predicted molar refractivity (Wildman–Crippen MR) is 210 cm³/mol. The van der Waals surface area contributed by atoms with Crippen molar-refractivity contribution >= 4 is 60.9 Å². The average molecular weight is 655 g/mol. The third kappa shape index (κ3) is 4.96. The minimum Gasteiger partial charge on any atom is -0.456 e. The maximum atomic E-state index is 6.48. The summed E-state index contributed by atoms with van der Waals surface area (Å²) < 4.78 is 12.9. The summed E-state index contributed by atoms with van der Waals surface area (Å²) >= 11 is 0. The van der Waals surface area contributed by atoms with Crippen molar-refractivity contribution in [3.63, 3.8) is 0 Å². The smallest absolute Gasteiger partial charge is 0.227 e. The number of benzene rings is 8. The van der Waals surface area contributed by atoms with Gasteiger partial charge in [0, 0.05) is 27.9 Å². The van der Waals surface area contributed by atoms with Crippen LogP contribution in [0, 0.1) is 0 Å². The van der Waals surface area contributed by atoms with Crippen molar-refractivity contribution in [2.24, 2.45) is 0 Å². The van der Waals surface area contributed by atoms with Crippen LogP contribution in [0.4, 0.5) is 17.1 Å². The molecule has 0 bridgehead atoms. The number of nitrogens with zero attached hydrogens (tertiary/aromatic N) is 2. The topological polar surface area (TPSA) is 42.4 Å². The highest BCUT2D eigenvalue weighted by molar-refractivity contribution is 6.17. The van der Waals surface area contributed by atoms with Crippen LogP contribution >= 0.6 is 0 Å². The minimum atomic E-state index is 0.591. The molecule has 2 heterocycles. The summed E-state index contributed by atoms with van der Waals surface area (Å²) in [5.74, 6) is 0.591. The molecule has 0 fully saturated rings. The molecule has 0 atom stereocenters. The van der Waals surface area contributed by atoms with Gasteiger partial charge in [-0.15, -0.1) is 0 Å². The Labute approximate surface area is 294 Å². The van der Waals surface area contributed by atoms with Crippen molar-refractivity contribution in [2.45, 2.75) is 0 Å². The standard InChI is InChI=1S/C47H30N2O2/c1-3-12-32(13-4-1)39-19-9-10-21-42(39)49(35-24-22-33(23-25-35)38-20-11-17-31-14-7-8-18-37(31)38)36-26-28-43-40(30-36)45-44(50-43)29-27-41-46(45)51-47(48-41)34-15-5-2-6-16-34/h1-30H. The molecular formula is C47H30N2O2. The first-order valence-corrected chi connectivity index (χ1v) is 17.1. The molecule has 0 aliphatic carbocycles. The zero-order valence-electron chi connectivity index (χ0n) is 27.5. The Bertz CT molecular complexity index is 2850. The third-order valence-electron chi connectivity index (χ3n) is 9.71. The van der Waals surface area contributed by atoms with Gasteiger partial charge >= 0.3 is 0 Å². The van der Waals surface area contributed by atoms with E-state index in [4.69, 9.17) is 13.8 Å². The number of rotatable bonds is 6. The zero-order chi connectivity index (χ0) is 33.7. The van der Waals surface area contributed by atoms with E-state index in [-0.39, 0.29) is 0 Å². The normalized spacial score (nSPS) is 11.5. The number of hydrogen-bond donors (Lipinski definition) is 0. The van der Waals surface area contributed by atoms with Crippen molar-refractivity contribution in [2.75, 3.05) is 4.90 Å². The van der Waals surface area contributed by atoms with Gasteiger partial charge in [-0.2, -0.15) is 0 Å². The molecule has 0 amide bonds. The highest BCUT2D eigenvalue weighted by Crippen LogP contribution is 2.44. The first-order chi connectivity index (χ1) is 25.3. The molecule has 0 aliphatic heterocycles. The highest BCUT2D eigenvalue weighted by atomic mass is 16.4. The second kappa shape index (κ2) is 11.9. The van der Waals surface area contributed by atoms with Crippen LogP contribution in [0.25, 0.3) is 77.5 Å². The van der Waals surface area contributed by atoms with Crippen LogP contribution in [0.3, 0.4) is 0 Å². The summed E-state index contributed by atoms with van der Waals surface area (Å²) in [5, 5.41) is 4.36. The second-order valence-corrected chi connectivity index (χ2v) is 12.7. The fourth-order valence-corrected chi connectivity index (χ4v) is 7.30. The van der Waals surface area contributed by atoms with Gasteiger partial charge in [0.2, 0.25) is 5.89 Å². The number of para-hydroxylation sites is 1. The molecule has 2 aromatic heterocycles. The summed E-state index contributed by atoms with van der Waals surface area (Å²) in [6, 6.07) is 63.5. The molecule has 10 rings (SSSR count). The molecule has 0 saturated heterocycles. The van der Waals surface area contributed by atoms with E-state index >= 15 is 0 Å². The van der Waals surface area contributed by atoms with Crippen molar-refractivity contribution in [1.29, 1.82) is 0 Å². The lowest BCUT2D eigenvalue weighted by Crippen LogP contribution is -2.11. The third-order valence-corrected chi connectivity index (χ3v) is 9.71. The quantitative estimate of drug-likeness (QED) is 0.179. The minimum absolute atomic E-state index is 0.591. The van der Waals surface area contributed by atoms with Crippen molar-refractivity contribution in [3.05, 3.63) is 182 Å². The Morgan fingerprint density at radius 2 is 1.08 bits per heavy atom. The average Bonchev–Trinajstić information content (AvgIpc) is 3.81. The molecule has 0 N–H and O–H groups in total. The Morgan fingerprint density at radius 3 is 1.92 bits per heavy atom. The fraction of sp³-hybridized carbons (Fsp3) is 0. The summed E-state index contributed by atoms with van der Waals surface area (Å²) in [7, 11) is 0. The molecule has 8 aromatic carbocycles. The van der Waals surface area contributed by atoms with Gasteiger partial charge < -0.3 is 13.7 Å². The van der Waals surface area contributed by atoms with Gasteiger partial charge in [-0.3, -0.25) is 0 Å². The number of aromatic nitrogens is 1. The molecule has 0 unspecified atom stereocenters. The van der Waals surface area contributed by atoms with Crippen LogP contribution in [0.15, 0.2) is 191 Å².